The number of imidazole rings is 1. The van der Waals surface area contributed by atoms with Crippen molar-refractivity contribution in [1.29, 1.82) is 0 Å². The maximum Gasteiger partial charge on any atom is 0.360 e. The van der Waals surface area contributed by atoms with Crippen molar-refractivity contribution < 1.29 is 9.53 Å². The third-order valence-corrected chi connectivity index (χ3v) is 4.37. The number of pyridine rings is 1. The SMILES string of the molecule is CCOC(=O)c1nc2cc3ccccc3nc2n2c1nc1ccccc12. The molecule has 3 heterocycles. The lowest BCUT2D eigenvalue weighted by atomic mass is 10.2. The van der Waals surface area contributed by atoms with E-state index in [-0.39, 0.29) is 12.3 Å². The van der Waals surface area contributed by atoms with Gasteiger partial charge in [-0.2, -0.15) is 0 Å². The fraction of sp³-hybridized carbons (Fsp3) is 0.100. The summed E-state index contributed by atoms with van der Waals surface area (Å²) in [5.74, 6) is -0.483. The number of para-hydroxylation sites is 3. The summed E-state index contributed by atoms with van der Waals surface area (Å²) in [4.78, 5) is 26.4. The molecule has 0 aliphatic carbocycles. The number of fused-ring (bicyclic) bond motifs is 6. The molecule has 126 valence electrons. The second-order valence-electron chi connectivity index (χ2n) is 5.96. The van der Waals surface area contributed by atoms with Crippen molar-refractivity contribution in [1.82, 2.24) is 19.4 Å². The Morgan fingerprint density at radius 2 is 1.65 bits per heavy atom. The number of hydrogen-bond donors (Lipinski definition) is 0. The summed E-state index contributed by atoms with van der Waals surface area (Å²) in [6, 6.07) is 17.5. The van der Waals surface area contributed by atoms with Crippen LogP contribution in [0.25, 0.3) is 38.7 Å². The average molecular weight is 342 g/mol. The number of carbonyl (C=O) groups excluding carboxylic acids is 1. The highest BCUT2D eigenvalue weighted by atomic mass is 16.5. The van der Waals surface area contributed by atoms with Gasteiger partial charge in [-0.25, -0.2) is 19.7 Å². The first-order valence-corrected chi connectivity index (χ1v) is 8.40. The van der Waals surface area contributed by atoms with E-state index < -0.39 is 5.97 Å². The molecule has 0 amide bonds. The number of nitrogens with zero attached hydrogens (tertiary/aromatic N) is 4. The minimum Gasteiger partial charge on any atom is -0.461 e. The molecule has 5 rings (SSSR count). The van der Waals surface area contributed by atoms with Crippen LogP contribution < -0.4 is 0 Å². The maximum absolute atomic E-state index is 12.5. The standard InChI is InChI=1S/C20H14N4O2/c1-2-26-20(25)17-19-23-14-9-5-6-10-16(14)24(19)18-15(21-17)11-12-7-3-4-8-13(12)22-18/h3-11H,2H2,1H3. The smallest absolute Gasteiger partial charge is 0.360 e. The van der Waals surface area contributed by atoms with Gasteiger partial charge in [-0.1, -0.05) is 30.3 Å². The van der Waals surface area contributed by atoms with Crippen molar-refractivity contribution in [2.75, 3.05) is 6.61 Å². The Labute approximate surface area is 148 Å². The van der Waals surface area contributed by atoms with Crippen LogP contribution in [0.1, 0.15) is 17.4 Å². The number of esters is 1. The molecule has 26 heavy (non-hydrogen) atoms. The van der Waals surface area contributed by atoms with Crippen LogP contribution >= 0.6 is 0 Å². The van der Waals surface area contributed by atoms with Crippen molar-refractivity contribution in [2.45, 2.75) is 6.92 Å². The largest absolute Gasteiger partial charge is 0.461 e. The molecular formula is C20H14N4O2. The van der Waals surface area contributed by atoms with Crippen LogP contribution in [0.3, 0.4) is 0 Å². The average Bonchev–Trinajstić information content (AvgIpc) is 3.06. The molecule has 6 heteroatoms. The molecule has 0 N–H and O–H groups in total. The molecule has 0 bridgehead atoms. The Morgan fingerprint density at radius 3 is 2.50 bits per heavy atom. The number of carbonyl (C=O) groups is 1. The number of rotatable bonds is 2. The van der Waals surface area contributed by atoms with Crippen molar-refractivity contribution in [3.8, 4) is 0 Å². The van der Waals surface area contributed by atoms with Gasteiger partial charge in [0.2, 0.25) is 0 Å². The highest BCUT2D eigenvalue weighted by Crippen LogP contribution is 2.26. The Balaban J connectivity index is 2.01. The van der Waals surface area contributed by atoms with Crippen LogP contribution in [0.5, 0.6) is 0 Å². The van der Waals surface area contributed by atoms with Gasteiger partial charge in [-0.05, 0) is 31.2 Å². The molecule has 3 aromatic heterocycles. The highest BCUT2D eigenvalue weighted by Gasteiger charge is 2.21. The topological polar surface area (TPSA) is 69.4 Å². The van der Waals surface area contributed by atoms with Gasteiger partial charge in [0.05, 0.1) is 23.2 Å². The summed E-state index contributed by atoms with van der Waals surface area (Å²) in [6.07, 6.45) is 0. The summed E-state index contributed by atoms with van der Waals surface area (Å²) in [6.45, 7) is 2.05. The Bertz CT molecular complexity index is 1320. The molecule has 0 atom stereocenters. The van der Waals surface area contributed by atoms with Gasteiger partial charge in [-0.15, -0.1) is 0 Å². The number of hydrogen-bond acceptors (Lipinski definition) is 5. The lowest BCUT2D eigenvalue weighted by Crippen LogP contribution is -2.11. The molecule has 6 nitrogen and oxygen atoms in total. The molecule has 0 radical (unpaired) electrons. The normalized spacial score (nSPS) is 11.6. The Morgan fingerprint density at radius 1 is 0.923 bits per heavy atom. The fourth-order valence-electron chi connectivity index (χ4n) is 3.25. The van der Waals surface area contributed by atoms with E-state index in [9.17, 15) is 4.79 Å². The molecule has 5 aromatic rings. The first-order chi connectivity index (χ1) is 12.8. The molecule has 0 spiro atoms. The molecule has 0 saturated carbocycles. The van der Waals surface area contributed by atoms with Crippen molar-refractivity contribution in [3.63, 3.8) is 0 Å². The van der Waals surface area contributed by atoms with Crippen LogP contribution in [-0.2, 0) is 4.74 Å². The van der Waals surface area contributed by atoms with E-state index in [1.807, 2.05) is 59.0 Å². The summed E-state index contributed by atoms with van der Waals surface area (Å²) in [5, 5.41) is 0.964. The molecule has 0 saturated heterocycles. The van der Waals surface area contributed by atoms with E-state index in [1.165, 1.54) is 0 Å². The van der Waals surface area contributed by atoms with Gasteiger partial charge in [-0.3, -0.25) is 4.40 Å². The highest BCUT2D eigenvalue weighted by molar-refractivity contribution is 6.01. The minimum absolute atomic E-state index is 0.202. The van der Waals surface area contributed by atoms with E-state index in [0.29, 0.717) is 16.8 Å². The molecule has 0 aliphatic rings. The first-order valence-electron chi connectivity index (χ1n) is 8.40. The zero-order valence-corrected chi connectivity index (χ0v) is 14.0. The van der Waals surface area contributed by atoms with Crippen molar-refractivity contribution >= 4 is 44.7 Å². The van der Waals surface area contributed by atoms with E-state index in [0.717, 1.165) is 21.9 Å². The summed E-state index contributed by atoms with van der Waals surface area (Å²) >= 11 is 0. The zero-order chi connectivity index (χ0) is 17.7. The predicted octanol–water partition coefficient (Wildman–Crippen LogP) is 3.76. The quantitative estimate of drug-likeness (QED) is 0.361. The monoisotopic (exact) mass is 342 g/mol. The van der Waals surface area contributed by atoms with Crippen LogP contribution in [0.4, 0.5) is 0 Å². The number of aromatic nitrogens is 4. The lowest BCUT2D eigenvalue weighted by molar-refractivity contribution is 0.0522. The van der Waals surface area contributed by atoms with Crippen LogP contribution in [0.2, 0.25) is 0 Å². The van der Waals surface area contributed by atoms with Gasteiger partial charge >= 0.3 is 5.97 Å². The van der Waals surface area contributed by atoms with E-state index in [1.54, 1.807) is 6.92 Å². The second-order valence-corrected chi connectivity index (χ2v) is 5.96. The van der Waals surface area contributed by atoms with Gasteiger partial charge in [0.25, 0.3) is 0 Å². The second kappa shape index (κ2) is 5.49. The molecule has 0 aliphatic heterocycles. The third kappa shape index (κ3) is 2.05. The predicted molar refractivity (Wildman–Crippen MR) is 99.3 cm³/mol. The maximum atomic E-state index is 12.5. The lowest BCUT2D eigenvalue weighted by Gasteiger charge is -2.08. The van der Waals surface area contributed by atoms with Crippen LogP contribution in [-0.4, -0.2) is 31.9 Å². The molecule has 2 aromatic carbocycles. The van der Waals surface area contributed by atoms with Gasteiger partial charge in [0, 0.05) is 5.39 Å². The van der Waals surface area contributed by atoms with Gasteiger partial charge in [0.15, 0.2) is 17.0 Å². The van der Waals surface area contributed by atoms with Gasteiger partial charge < -0.3 is 4.74 Å². The first kappa shape index (κ1) is 14.8. The van der Waals surface area contributed by atoms with E-state index in [2.05, 4.69) is 9.97 Å². The number of benzene rings is 2. The van der Waals surface area contributed by atoms with Crippen LogP contribution in [0, 0.1) is 0 Å². The minimum atomic E-state index is -0.483. The summed E-state index contributed by atoms with van der Waals surface area (Å²) in [5.41, 5.74) is 4.48. The van der Waals surface area contributed by atoms with Crippen molar-refractivity contribution in [3.05, 3.63) is 60.3 Å². The summed E-state index contributed by atoms with van der Waals surface area (Å²) < 4.78 is 7.08. The number of ether oxygens (including phenoxy) is 1. The Kier molecular flexibility index (Phi) is 3.12. The Hall–Kier alpha value is -3.54. The van der Waals surface area contributed by atoms with Crippen LogP contribution in [0.15, 0.2) is 54.6 Å². The third-order valence-electron chi connectivity index (χ3n) is 4.37. The molecular weight excluding hydrogens is 328 g/mol. The fourth-order valence-corrected chi connectivity index (χ4v) is 3.25. The molecule has 0 fully saturated rings. The molecule has 0 unspecified atom stereocenters. The van der Waals surface area contributed by atoms with E-state index >= 15 is 0 Å². The van der Waals surface area contributed by atoms with E-state index in [4.69, 9.17) is 9.72 Å². The van der Waals surface area contributed by atoms with Crippen molar-refractivity contribution in [2.24, 2.45) is 0 Å². The van der Waals surface area contributed by atoms with Gasteiger partial charge in [0.1, 0.15) is 5.52 Å². The zero-order valence-electron chi connectivity index (χ0n) is 14.0. The summed E-state index contributed by atoms with van der Waals surface area (Å²) in [7, 11) is 0.